The molecule has 2 aliphatic rings. The molecular formula is C69H47NO. The van der Waals surface area contributed by atoms with Crippen LogP contribution in [-0.2, 0) is 5.41 Å². The SMILES string of the molecule is C1=Cc2ccccc2C(c2cccc(-c3ccc(N(c4ccccc4-c4ccc5oc6c7ccccc7ccc6c5c4)c4cccc5c4-c4ccccc4C5(c4ccccc4)c4ccccc4)cc3)c2)C1. The largest absolute Gasteiger partial charge is 0.455 e. The van der Waals surface area contributed by atoms with Crippen molar-refractivity contribution in [2.75, 3.05) is 4.90 Å². The maximum absolute atomic E-state index is 6.64. The number of allylic oxidation sites excluding steroid dienone is 1. The van der Waals surface area contributed by atoms with Crippen molar-refractivity contribution < 1.29 is 4.42 Å². The Morgan fingerprint density at radius 1 is 0.437 bits per heavy atom. The van der Waals surface area contributed by atoms with Gasteiger partial charge in [0, 0.05) is 38.9 Å². The van der Waals surface area contributed by atoms with Crippen molar-refractivity contribution >= 4 is 55.8 Å². The van der Waals surface area contributed by atoms with E-state index in [0.29, 0.717) is 5.92 Å². The van der Waals surface area contributed by atoms with Gasteiger partial charge in [-0.05, 0) is 115 Å². The first kappa shape index (κ1) is 41.0. The Labute approximate surface area is 414 Å². The summed E-state index contributed by atoms with van der Waals surface area (Å²) in [6.45, 7) is 0. The van der Waals surface area contributed by atoms with Crippen LogP contribution in [0.4, 0.5) is 17.1 Å². The van der Waals surface area contributed by atoms with Crippen LogP contribution in [-0.4, -0.2) is 0 Å². The predicted octanol–water partition coefficient (Wildman–Crippen LogP) is 18.5. The number of hydrogen-bond acceptors (Lipinski definition) is 2. The Bertz CT molecular complexity index is 3990. The van der Waals surface area contributed by atoms with Gasteiger partial charge in [0.25, 0.3) is 0 Å². The molecular weight excluding hydrogens is 859 g/mol. The van der Waals surface area contributed by atoms with Crippen molar-refractivity contribution in [3.05, 3.63) is 300 Å². The van der Waals surface area contributed by atoms with Crippen LogP contribution in [0.3, 0.4) is 0 Å². The van der Waals surface area contributed by atoms with E-state index in [1.54, 1.807) is 0 Å². The average molecular weight is 906 g/mol. The maximum atomic E-state index is 6.64. The first-order valence-corrected chi connectivity index (χ1v) is 24.8. The van der Waals surface area contributed by atoms with E-state index in [0.717, 1.165) is 61.9 Å². The van der Waals surface area contributed by atoms with Crippen LogP contribution >= 0.6 is 0 Å². The normalized spacial score (nSPS) is 14.3. The molecule has 1 heterocycles. The molecule has 71 heavy (non-hydrogen) atoms. The van der Waals surface area contributed by atoms with Crippen molar-refractivity contribution in [1.29, 1.82) is 0 Å². The fourth-order valence-corrected chi connectivity index (χ4v) is 12.1. The highest BCUT2D eigenvalue weighted by Gasteiger charge is 2.47. The highest BCUT2D eigenvalue weighted by atomic mass is 16.3. The minimum Gasteiger partial charge on any atom is -0.455 e. The number of hydrogen-bond donors (Lipinski definition) is 0. The lowest BCUT2D eigenvalue weighted by molar-refractivity contribution is 0.672. The minimum absolute atomic E-state index is 0.322. The van der Waals surface area contributed by atoms with Crippen LogP contribution in [0.1, 0.15) is 51.3 Å². The van der Waals surface area contributed by atoms with Crippen molar-refractivity contribution in [2.24, 2.45) is 0 Å². The lowest BCUT2D eigenvalue weighted by Gasteiger charge is -2.34. The molecule has 1 aromatic heterocycles. The third kappa shape index (κ3) is 6.49. The molecule has 2 heteroatoms. The molecule has 2 aliphatic carbocycles. The molecule has 12 aromatic rings. The van der Waals surface area contributed by atoms with Gasteiger partial charge in [0.2, 0.25) is 0 Å². The Morgan fingerprint density at radius 2 is 1.11 bits per heavy atom. The second kappa shape index (κ2) is 16.6. The van der Waals surface area contributed by atoms with Crippen molar-refractivity contribution in [2.45, 2.75) is 17.8 Å². The molecule has 0 N–H and O–H groups in total. The van der Waals surface area contributed by atoms with Gasteiger partial charge in [0.05, 0.1) is 16.8 Å². The van der Waals surface area contributed by atoms with Crippen molar-refractivity contribution in [1.82, 2.24) is 0 Å². The molecule has 0 radical (unpaired) electrons. The van der Waals surface area contributed by atoms with Crippen molar-refractivity contribution in [3.63, 3.8) is 0 Å². The third-order valence-corrected chi connectivity index (χ3v) is 15.3. The fourth-order valence-electron chi connectivity index (χ4n) is 12.1. The summed E-state index contributed by atoms with van der Waals surface area (Å²) < 4.78 is 6.64. The van der Waals surface area contributed by atoms with Crippen LogP contribution in [0, 0.1) is 0 Å². The Balaban J connectivity index is 0.973. The van der Waals surface area contributed by atoms with E-state index in [1.165, 1.54) is 66.6 Å². The molecule has 0 spiro atoms. The molecule has 0 bridgehead atoms. The van der Waals surface area contributed by atoms with Crippen LogP contribution in [0.5, 0.6) is 0 Å². The smallest absolute Gasteiger partial charge is 0.143 e. The predicted molar refractivity (Wildman–Crippen MR) is 296 cm³/mol. The first-order chi connectivity index (χ1) is 35.2. The Morgan fingerprint density at radius 3 is 1.96 bits per heavy atom. The van der Waals surface area contributed by atoms with E-state index in [9.17, 15) is 0 Å². The molecule has 334 valence electrons. The maximum Gasteiger partial charge on any atom is 0.143 e. The lowest BCUT2D eigenvalue weighted by atomic mass is 9.68. The summed E-state index contributed by atoms with van der Waals surface area (Å²) >= 11 is 0. The number of benzene rings is 11. The first-order valence-electron chi connectivity index (χ1n) is 24.8. The van der Waals surface area contributed by atoms with Gasteiger partial charge in [0.1, 0.15) is 11.2 Å². The second-order valence-corrected chi connectivity index (χ2v) is 19.0. The summed E-state index contributed by atoms with van der Waals surface area (Å²) in [6.07, 6.45) is 5.58. The zero-order valence-electron chi connectivity index (χ0n) is 39.0. The Kier molecular flexibility index (Phi) is 9.60. The van der Waals surface area contributed by atoms with Gasteiger partial charge in [-0.15, -0.1) is 0 Å². The van der Waals surface area contributed by atoms with Crippen LogP contribution in [0.15, 0.2) is 265 Å². The highest BCUT2D eigenvalue weighted by molar-refractivity contribution is 6.16. The van der Waals surface area contributed by atoms with E-state index in [2.05, 4.69) is 272 Å². The molecule has 0 saturated carbocycles. The number of furan rings is 1. The van der Waals surface area contributed by atoms with Gasteiger partial charge in [-0.25, -0.2) is 0 Å². The van der Waals surface area contributed by atoms with Gasteiger partial charge in [-0.3, -0.25) is 0 Å². The quantitative estimate of drug-likeness (QED) is 0.151. The average Bonchev–Trinajstić information content (AvgIpc) is 3.98. The molecule has 0 fully saturated rings. The van der Waals surface area contributed by atoms with E-state index in [4.69, 9.17) is 4.42 Å². The van der Waals surface area contributed by atoms with Gasteiger partial charge >= 0.3 is 0 Å². The van der Waals surface area contributed by atoms with Gasteiger partial charge in [-0.1, -0.05) is 224 Å². The summed E-state index contributed by atoms with van der Waals surface area (Å²) in [6, 6.07) is 93.9. The number of para-hydroxylation sites is 1. The molecule has 14 rings (SSSR count). The van der Waals surface area contributed by atoms with Crippen LogP contribution < -0.4 is 4.90 Å². The van der Waals surface area contributed by atoms with E-state index < -0.39 is 5.41 Å². The molecule has 11 aromatic carbocycles. The molecule has 1 unspecified atom stereocenters. The zero-order valence-corrected chi connectivity index (χ0v) is 39.0. The fraction of sp³-hybridized carbons (Fsp3) is 0.0435. The van der Waals surface area contributed by atoms with Crippen LogP contribution in [0.25, 0.3) is 72.2 Å². The summed E-state index contributed by atoms with van der Waals surface area (Å²) in [7, 11) is 0. The topological polar surface area (TPSA) is 16.4 Å². The van der Waals surface area contributed by atoms with Crippen molar-refractivity contribution in [3.8, 4) is 33.4 Å². The number of anilines is 3. The number of fused-ring (bicyclic) bond motifs is 9. The van der Waals surface area contributed by atoms with E-state index >= 15 is 0 Å². The highest BCUT2D eigenvalue weighted by Crippen LogP contribution is 2.60. The second-order valence-electron chi connectivity index (χ2n) is 19.0. The number of nitrogens with zero attached hydrogens (tertiary/aromatic N) is 1. The summed E-state index contributed by atoms with van der Waals surface area (Å²) in [5.41, 5.74) is 20.7. The van der Waals surface area contributed by atoms with Crippen LogP contribution in [0.2, 0.25) is 0 Å². The third-order valence-electron chi connectivity index (χ3n) is 15.3. The Hall–Kier alpha value is -8.98. The minimum atomic E-state index is -0.545. The van der Waals surface area contributed by atoms with Gasteiger partial charge in [0.15, 0.2) is 0 Å². The zero-order chi connectivity index (χ0) is 46.9. The number of rotatable bonds is 8. The van der Waals surface area contributed by atoms with E-state index in [1.807, 2.05) is 0 Å². The summed E-state index contributed by atoms with van der Waals surface area (Å²) in [5.74, 6) is 0.322. The van der Waals surface area contributed by atoms with E-state index in [-0.39, 0.29) is 0 Å². The molecule has 0 amide bonds. The molecule has 1 atom stereocenters. The molecule has 2 nitrogen and oxygen atoms in total. The molecule has 0 saturated heterocycles. The van der Waals surface area contributed by atoms with Gasteiger partial charge in [-0.2, -0.15) is 0 Å². The summed E-state index contributed by atoms with van der Waals surface area (Å²) in [4.78, 5) is 2.51. The summed E-state index contributed by atoms with van der Waals surface area (Å²) in [5, 5.41) is 4.52. The standard InChI is InChI=1S/C69H47NO/c1-3-23-52(24-4-1)69(53-25-5-2-6-26-53)62-32-13-11-30-60(62)67-63(69)33-17-35-65(67)70(54-40-36-46(37-41-54)49-21-15-22-50(44-49)56-31-16-20-47-18-7-9-27-55(47)56)64-34-14-12-28-57(64)51-39-43-66-61(45-51)59-42-38-48-19-8-10-29-58(48)68(59)71-66/h1-30,32-45,56H,31H2. The lowest BCUT2D eigenvalue weighted by Crippen LogP contribution is -2.28. The van der Waals surface area contributed by atoms with Gasteiger partial charge < -0.3 is 9.32 Å². The molecule has 0 aliphatic heterocycles. The monoisotopic (exact) mass is 905 g/mol.